The topological polar surface area (TPSA) is 53.7 Å². The number of halogens is 5. The summed E-state index contributed by atoms with van der Waals surface area (Å²) >= 11 is 12.6. The summed E-state index contributed by atoms with van der Waals surface area (Å²) in [5.41, 5.74) is 1.45. The van der Waals surface area contributed by atoms with Crippen molar-refractivity contribution < 1.29 is 18.0 Å². The van der Waals surface area contributed by atoms with Crippen molar-refractivity contribution in [3.63, 3.8) is 0 Å². The lowest BCUT2D eigenvalue weighted by molar-refractivity contribution is -0.142. The average Bonchev–Trinajstić information content (AvgIpc) is 3.33. The molecule has 4 aromatic rings. The molecule has 5 rings (SSSR count). The molecule has 1 aliphatic heterocycles. The molecular formula is C28H26Cl2F3N5O. The van der Waals surface area contributed by atoms with E-state index in [0.717, 1.165) is 17.2 Å². The van der Waals surface area contributed by atoms with Crippen LogP contribution < -0.4 is 0 Å². The van der Waals surface area contributed by atoms with Gasteiger partial charge in [-0.3, -0.25) is 9.69 Å². The summed E-state index contributed by atoms with van der Waals surface area (Å²) in [5.74, 6) is -0.130. The van der Waals surface area contributed by atoms with Gasteiger partial charge in [-0.05, 0) is 29.7 Å². The van der Waals surface area contributed by atoms with Crippen LogP contribution in [0, 0.1) is 0 Å². The minimum absolute atomic E-state index is 0.0312. The molecule has 0 radical (unpaired) electrons. The standard InChI is InChI=1S/C28H26Cl2F3N5O/c1-17(2)18-6-8-19(9-7-18)24-14-25(28(31,32)33)38-26(35-24)20(15-34-38)27(39)37-12-10-36(11-13-37)16-21-22(29)4-3-5-23(21)30/h3-9,14-15,17H,10-13,16H2,1-2H3. The summed E-state index contributed by atoms with van der Waals surface area (Å²) in [7, 11) is 0. The number of amides is 1. The highest BCUT2D eigenvalue weighted by Crippen LogP contribution is 2.33. The molecule has 39 heavy (non-hydrogen) atoms. The molecule has 1 aliphatic rings. The summed E-state index contributed by atoms with van der Waals surface area (Å²) in [5, 5.41) is 5.06. The second-order valence-electron chi connectivity index (χ2n) is 9.86. The fourth-order valence-corrected chi connectivity index (χ4v) is 5.21. The molecule has 0 bridgehead atoms. The quantitative estimate of drug-likeness (QED) is 0.262. The lowest BCUT2D eigenvalue weighted by Crippen LogP contribution is -2.48. The molecule has 1 amide bonds. The number of hydrogen-bond donors (Lipinski definition) is 0. The van der Waals surface area contributed by atoms with Gasteiger partial charge in [0.2, 0.25) is 0 Å². The predicted octanol–water partition coefficient (Wildman–Crippen LogP) is 6.80. The minimum Gasteiger partial charge on any atom is -0.336 e. The van der Waals surface area contributed by atoms with Crippen molar-refractivity contribution in [3.8, 4) is 11.3 Å². The van der Waals surface area contributed by atoms with E-state index in [1.54, 1.807) is 35.2 Å². The SMILES string of the molecule is CC(C)c1ccc(-c2cc(C(F)(F)F)n3ncc(C(=O)N4CCN(Cc5c(Cl)cccc5Cl)CC4)c3n2)cc1. The number of fused-ring (bicyclic) bond motifs is 1. The molecule has 0 atom stereocenters. The first-order valence-electron chi connectivity index (χ1n) is 12.5. The van der Waals surface area contributed by atoms with Crippen molar-refractivity contribution in [2.75, 3.05) is 26.2 Å². The van der Waals surface area contributed by atoms with Crippen LogP contribution in [-0.2, 0) is 12.7 Å². The maximum Gasteiger partial charge on any atom is 0.433 e. The molecule has 2 aromatic heterocycles. The zero-order valence-electron chi connectivity index (χ0n) is 21.3. The Bertz CT molecular complexity index is 1490. The maximum atomic E-state index is 14.0. The van der Waals surface area contributed by atoms with Gasteiger partial charge in [0.25, 0.3) is 5.91 Å². The third kappa shape index (κ3) is 5.62. The van der Waals surface area contributed by atoms with Crippen LogP contribution in [-0.4, -0.2) is 56.5 Å². The van der Waals surface area contributed by atoms with E-state index < -0.39 is 17.8 Å². The highest BCUT2D eigenvalue weighted by Gasteiger charge is 2.36. The molecule has 0 unspecified atom stereocenters. The summed E-state index contributed by atoms with van der Waals surface area (Å²) in [4.78, 5) is 21.7. The smallest absolute Gasteiger partial charge is 0.336 e. The monoisotopic (exact) mass is 575 g/mol. The Hall–Kier alpha value is -3.14. The summed E-state index contributed by atoms with van der Waals surface area (Å²) in [6.45, 7) is 6.50. The molecule has 0 saturated carbocycles. The van der Waals surface area contributed by atoms with E-state index in [4.69, 9.17) is 23.2 Å². The Morgan fingerprint density at radius 1 is 1.00 bits per heavy atom. The Kier molecular flexibility index (Phi) is 7.59. The van der Waals surface area contributed by atoms with Crippen LogP contribution in [0.15, 0.2) is 54.7 Å². The van der Waals surface area contributed by atoms with Gasteiger partial charge in [0, 0.05) is 53.9 Å². The van der Waals surface area contributed by atoms with E-state index >= 15 is 0 Å². The molecule has 2 aromatic carbocycles. The number of carbonyl (C=O) groups excluding carboxylic acids is 1. The normalized spacial score (nSPS) is 14.9. The van der Waals surface area contributed by atoms with Gasteiger partial charge >= 0.3 is 6.18 Å². The zero-order chi connectivity index (χ0) is 27.9. The molecule has 1 fully saturated rings. The van der Waals surface area contributed by atoms with Crippen molar-refractivity contribution in [1.82, 2.24) is 24.4 Å². The van der Waals surface area contributed by atoms with E-state index in [2.05, 4.69) is 15.0 Å². The lowest BCUT2D eigenvalue weighted by Gasteiger charge is -2.34. The summed E-state index contributed by atoms with van der Waals surface area (Å²) in [6.07, 6.45) is -3.52. The number of carbonyl (C=O) groups is 1. The lowest BCUT2D eigenvalue weighted by atomic mass is 10.0. The first-order valence-corrected chi connectivity index (χ1v) is 13.3. The van der Waals surface area contributed by atoms with Gasteiger partial charge in [-0.2, -0.15) is 18.3 Å². The first kappa shape index (κ1) is 27.4. The van der Waals surface area contributed by atoms with Gasteiger partial charge in [-0.1, -0.05) is 67.4 Å². The van der Waals surface area contributed by atoms with Crippen LogP contribution in [0.2, 0.25) is 10.0 Å². The Morgan fingerprint density at radius 2 is 1.64 bits per heavy atom. The fraction of sp³-hybridized carbons (Fsp3) is 0.321. The Morgan fingerprint density at radius 3 is 2.23 bits per heavy atom. The third-order valence-corrected chi connectivity index (χ3v) is 7.68. The maximum absolute atomic E-state index is 14.0. The second kappa shape index (κ2) is 10.8. The van der Waals surface area contributed by atoms with E-state index in [0.29, 0.717) is 52.8 Å². The molecule has 6 nitrogen and oxygen atoms in total. The van der Waals surface area contributed by atoms with Crippen LogP contribution in [0.5, 0.6) is 0 Å². The third-order valence-electron chi connectivity index (χ3n) is 6.97. The first-order chi connectivity index (χ1) is 18.5. The van der Waals surface area contributed by atoms with E-state index in [1.165, 1.54) is 6.20 Å². The highest BCUT2D eigenvalue weighted by molar-refractivity contribution is 6.35. The largest absolute Gasteiger partial charge is 0.433 e. The summed E-state index contributed by atoms with van der Waals surface area (Å²) in [6, 6.07) is 13.6. The molecule has 11 heteroatoms. The van der Waals surface area contributed by atoms with Gasteiger partial charge in [-0.25, -0.2) is 9.50 Å². The fourth-order valence-electron chi connectivity index (χ4n) is 4.69. The van der Waals surface area contributed by atoms with Crippen LogP contribution in [0.3, 0.4) is 0 Å². The average molecular weight is 576 g/mol. The number of nitrogens with zero attached hydrogens (tertiary/aromatic N) is 5. The summed E-state index contributed by atoms with van der Waals surface area (Å²) < 4.78 is 42.8. The number of piperazine rings is 1. The molecular weight excluding hydrogens is 550 g/mol. The molecule has 0 N–H and O–H groups in total. The zero-order valence-corrected chi connectivity index (χ0v) is 22.9. The van der Waals surface area contributed by atoms with Crippen LogP contribution in [0.4, 0.5) is 13.2 Å². The van der Waals surface area contributed by atoms with E-state index in [1.807, 2.05) is 26.0 Å². The number of alkyl halides is 3. The number of aromatic nitrogens is 3. The van der Waals surface area contributed by atoms with Crippen LogP contribution in [0.1, 0.15) is 46.9 Å². The van der Waals surface area contributed by atoms with Crippen molar-refractivity contribution in [2.45, 2.75) is 32.5 Å². The van der Waals surface area contributed by atoms with E-state index in [9.17, 15) is 18.0 Å². The second-order valence-corrected chi connectivity index (χ2v) is 10.7. The Balaban J connectivity index is 1.41. The molecule has 0 aliphatic carbocycles. The van der Waals surface area contributed by atoms with Crippen molar-refractivity contribution in [2.24, 2.45) is 0 Å². The Labute approximate surface area is 233 Å². The molecule has 1 saturated heterocycles. The minimum atomic E-state index is -4.69. The van der Waals surface area contributed by atoms with Crippen molar-refractivity contribution >= 4 is 34.8 Å². The van der Waals surface area contributed by atoms with E-state index in [-0.39, 0.29) is 22.8 Å². The molecule has 204 valence electrons. The van der Waals surface area contributed by atoms with Gasteiger partial charge in [0.15, 0.2) is 11.3 Å². The highest BCUT2D eigenvalue weighted by atomic mass is 35.5. The van der Waals surface area contributed by atoms with Gasteiger partial charge in [-0.15, -0.1) is 0 Å². The van der Waals surface area contributed by atoms with Gasteiger partial charge < -0.3 is 4.90 Å². The van der Waals surface area contributed by atoms with Gasteiger partial charge in [0.05, 0.1) is 11.9 Å². The van der Waals surface area contributed by atoms with Crippen LogP contribution in [0.25, 0.3) is 16.9 Å². The number of rotatable bonds is 5. The molecule has 3 heterocycles. The predicted molar refractivity (Wildman–Crippen MR) is 145 cm³/mol. The van der Waals surface area contributed by atoms with Gasteiger partial charge in [0.1, 0.15) is 5.56 Å². The number of hydrogen-bond acceptors (Lipinski definition) is 4. The van der Waals surface area contributed by atoms with Crippen molar-refractivity contribution in [1.29, 1.82) is 0 Å². The van der Waals surface area contributed by atoms with Crippen molar-refractivity contribution in [3.05, 3.63) is 87.2 Å². The van der Waals surface area contributed by atoms with Crippen LogP contribution >= 0.6 is 23.2 Å². The number of benzene rings is 2. The molecule has 0 spiro atoms.